The third-order valence-electron chi connectivity index (χ3n) is 5.45. The summed E-state index contributed by atoms with van der Waals surface area (Å²) in [6, 6.07) is 5.66. The van der Waals surface area contributed by atoms with E-state index in [9.17, 15) is 27.6 Å². The largest absolute Gasteiger partial charge is 0.465 e. The molecule has 12 nitrogen and oxygen atoms in total. The second kappa shape index (κ2) is 11.2. The molecule has 14 heteroatoms. The molecule has 0 radical (unpaired) electrons. The van der Waals surface area contributed by atoms with E-state index < -0.39 is 46.3 Å². The van der Waals surface area contributed by atoms with Gasteiger partial charge in [-0.15, -0.1) is 0 Å². The van der Waals surface area contributed by atoms with Crippen LogP contribution in [0.3, 0.4) is 0 Å². The molecule has 1 saturated heterocycles. The molecule has 1 aromatic rings. The number of β-lactam (4-membered cyclic amide) rings is 1. The van der Waals surface area contributed by atoms with Crippen molar-refractivity contribution in [3.8, 4) is 0 Å². The monoisotopic (exact) mass is 540 g/mol. The van der Waals surface area contributed by atoms with Gasteiger partial charge in [-0.05, 0) is 30.0 Å². The molecule has 1 fully saturated rings. The molecule has 0 unspecified atom stereocenters. The number of hydrogen-bond acceptors (Lipinski definition) is 10. The quantitative estimate of drug-likeness (QED) is 0.251. The zero-order valence-electron chi connectivity index (χ0n) is 19.5. The summed E-state index contributed by atoms with van der Waals surface area (Å²) in [5.74, 6) is -3.03. The number of carbonyl (C=O) groups is 4. The van der Waals surface area contributed by atoms with Crippen LogP contribution in [0.4, 0.5) is 0 Å². The van der Waals surface area contributed by atoms with Crippen molar-refractivity contribution in [2.75, 3.05) is 7.11 Å². The van der Waals surface area contributed by atoms with Crippen molar-refractivity contribution in [1.82, 2.24) is 10.2 Å². The first-order chi connectivity index (χ1) is 16.9. The summed E-state index contributed by atoms with van der Waals surface area (Å²) in [6.45, 7) is 2.53. The predicted molar refractivity (Wildman–Crippen MR) is 126 cm³/mol. The first-order valence-electron chi connectivity index (χ1n) is 10.6. The summed E-state index contributed by atoms with van der Waals surface area (Å²) in [4.78, 5) is 50.2. The lowest BCUT2D eigenvalue weighted by Gasteiger charge is -2.45. The number of hydrogen-bond donors (Lipinski definition) is 2. The van der Waals surface area contributed by atoms with Gasteiger partial charge in [-0.2, -0.15) is 8.42 Å². The Hall–Kier alpha value is -3.20. The second-order valence-corrected chi connectivity index (χ2v) is 9.94. The number of carbonyl (C=O) groups excluding carboxylic acids is 4. The maximum atomic E-state index is 13.0. The van der Waals surface area contributed by atoms with Crippen molar-refractivity contribution in [2.45, 2.75) is 39.0 Å². The molecule has 194 valence electrons. The summed E-state index contributed by atoms with van der Waals surface area (Å²) in [6.07, 6.45) is 0.437. The van der Waals surface area contributed by atoms with Crippen LogP contribution in [0.1, 0.15) is 36.2 Å². The number of amides is 2. The van der Waals surface area contributed by atoms with Crippen LogP contribution in [0.15, 0.2) is 46.5 Å². The zero-order valence-corrected chi connectivity index (χ0v) is 21.1. The minimum atomic E-state index is -4.78. The molecule has 3 atom stereocenters. The molecule has 0 aliphatic carbocycles. The van der Waals surface area contributed by atoms with Crippen LogP contribution in [0.2, 0.25) is 0 Å². The molecule has 2 aliphatic rings. The van der Waals surface area contributed by atoms with E-state index in [1.165, 1.54) is 49.6 Å². The standard InChI is InChI=1S/C22H24N2O10S2/c1-12(34-36(29,30)31)18-16-10-17(35-9-8-23-13(2)25)19(24(16)20(18)26)22(28)33-11-14-4-6-15(7-5-14)21(27)32-3/h4-9,12,16,18H,10-11H2,1-3H3,(H,23,25)(H,29,30,31)/t12-,16+,18-/m0/s1. The summed E-state index contributed by atoms with van der Waals surface area (Å²) >= 11 is 1.10. The third-order valence-corrected chi connectivity index (χ3v) is 6.91. The van der Waals surface area contributed by atoms with E-state index in [-0.39, 0.29) is 24.6 Å². The van der Waals surface area contributed by atoms with Crippen molar-refractivity contribution in [2.24, 2.45) is 5.92 Å². The Labute approximate surface area is 211 Å². The SMILES string of the molecule is COC(=O)c1ccc(COC(=O)C2=C(SC=CNC(C)=O)C[C@@H]3[C@H]([C@H](C)OS(=O)(=O)O)C(=O)N23)cc1. The molecular weight excluding hydrogens is 516 g/mol. The van der Waals surface area contributed by atoms with Crippen molar-refractivity contribution in [3.05, 3.63) is 57.6 Å². The fourth-order valence-electron chi connectivity index (χ4n) is 3.90. The summed E-state index contributed by atoms with van der Waals surface area (Å²) < 4.78 is 45.8. The lowest BCUT2D eigenvalue weighted by molar-refractivity contribution is -0.161. The van der Waals surface area contributed by atoms with Gasteiger partial charge < -0.3 is 19.7 Å². The van der Waals surface area contributed by atoms with Crippen LogP contribution in [0, 0.1) is 5.92 Å². The van der Waals surface area contributed by atoms with E-state index in [1.54, 1.807) is 12.1 Å². The molecule has 0 aromatic heterocycles. The van der Waals surface area contributed by atoms with Crippen LogP contribution in [0.5, 0.6) is 0 Å². The van der Waals surface area contributed by atoms with Gasteiger partial charge in [-0.3, -0.25) is 14.1 Å². The van der Waals surface area contributed by atoms with Crippen molar-refractivity contribution in [1.29, 1.82) is 0 Å². The van der Waals surface area contributed by atoms with Crippen molar-refractivity contribution in [3.63, 3.8) is 0 Å². The predicted octanol–water partition coefficient (Wildman–Crippen LogP) is 1.51. The smallest absolute Gasteiger partial charge is 0.397 e. The number of rotatable bonds is 10. The Morgan fingerprint density at radius 2 is 1.92 bits per heavy atom. The van der Waals surface area contributed by atoms with Gasteiger partial charge in [0.2, 0.25) is 11.8 Å². The fraction of sp³-hybridized carbons (Fsp3) is 0.364. The first-order valence-corrected chi connectivity index (χ1v) is 12.8. The lowest BCUT2D eigenvalue weighted by atomic mass is 9.83. The van der Waals surface area contributed by atoms with Crippen LogP contribution in [-0.4, -0.2) is 60.9 Å². The van der Waals surface area contributed by atoms with Crippen LogP contribution < -0.4 is 5.32 Å². The number of benzene rings is 1. The van der Waals surface area contributed by atoms with E-state index in [2.05, 4.69) is 14.2 Å². The number of fused-ring (bicyclic) bond motifs is 1. The molecule has 1 aromatic carbocycles. The number of nitrogens with one attached hydrogen (secondary N) is 1. The van der Waals surface area contributed by atoms with Gasteiger partial charge in [0.25, 0.3) is 0 Å². The van der Waals surface area contributed by atoms with Crippen LogP contribution >= 0.6 is 11.8 Å². The second-order valence-electron chi connectivity index (χ2n) is 7.89. The van der Waals surface area contributed by atoms with Gasteiger partial charge in [0.05, 0.1) is 30.7 Å². The molecule has 3 rings (SSSR count). The van der Waals surface area contributed by atoms with Gasteiger partial charge in [-0.1, -0.05) is 23.9 Å². The van der Waals surface area contributed by atoms with Crippen LogP contribution in [0.25, 0.3) is 0 Å². The van der Waals surface area contributed by atoms with Crippen LogP contribution in [-0.2, 0) is 45.0 Å². The normalized spacial score (nSPS) is 20.1. The molecule has 2 N–H and O–H groups in total. The van der Waals surface area contributed by atoms with Gasteiger partial charge >= 0.3 is 22.3 Å². The average molecular weight is 541 g/mol. The van der Waals surface area contributed by atoms with E-state index >= 15 is 0 Å². The highest BCUT2D eigenvalue weighted by molar-refractivity contribution is 8.05. The highest BCUT2D eigenvalue weighted by atomic mass is 32.3. The number of ether oxygens (including phenoxy) is 2. The number of methoxy groups -OCH3 is 1. The van der Waals surface area contributed by atoms with E-state index in [1.807, 2.05) is 0 Å². The molecule has 0 bridgehead atoms. The Morgan fingerprint density at radius 1 is 1.25 bits per heavy atom. The van der Waals surface area contributed by atoms with E-state index in [0.717, 1.165) is 11.8 Å². The first kappa shape index (κ1) is 27.4. The molecular formula is C22H24N2O10S2. The van der Waals surface area contributed by atoms with Gasteiger partial charge in [-0.25, -0.2) is 13.8 Å². The van der Waals surface area contributed by atoms with Gasteiger partial charge in [0.1, 0.15) is 12.3 Å². The zero-order chi connectivity index (χ0) is 26.6. The average Bonchev–Trinajstić information content (AvgIpc) is 3.13. The highest BCUT2D eigenvalue weighted by Gasteiger charge is 2.58. The van der Waals surface area contributed by atoms with Gasteiger partial charge in [0, 0.05) is 24.4 Å². The Balaban J connectivity index is 1.76. The maximum Gasteiger partial charge on any atom is 0.397 e. The number of esters is 2. The Kier molecular flexibility index (Phi) is 8.55. The fourth-order valence-corrected chi connectivity index (χ4v) is 5.27. The molecule has 0 saturated carbocycles. The maximum absolute atomic E-state index is 13.0. The van der Waals surface area contributed by atoms with Crippen molar-refractivity contribution >= 4 is 45.9 Å². The summed E-state index contributed by atoms with van der Waals surface area (Å²) in [5, 5.41) is 4.00. The number of nitrogens with zero attached hydrogens (tertiary/aromatic N) is 1. The molecule has 2 heterocycles. The van der Waals surface area contributed by atoms with Crippen molar-refractivity contribution < 1.29 is 45.8 Å². The number of thioether (sulfide) groups is 1. The minimum Gasteiger partial charge on any atom is -0.465 e. The highest BCUT2D eigenvalue weighted by Crippen LogP contribution is 2.48. The Bertz CT molecular complexity index is 1220. The molecule has 0 spiro atoms. The summed E-state index contributed by atoms with van der Waals surface area (Å²) in [5.41, 5.74) is 0.926. The molecule has 2 amide bonds. The topological polar surface area (TPSA) is 166 Å². The van der Waals surface area contributed by atoms with Gasteiger partial charge in [0.15, 0.2) is 0 Å². The van der Waals surface area contributed by atoms with E-state index in [4.69, 9.17) is 9.29 Å². The van der Waals surface area contributed by atoms with E-state index in [0.29, 0.717) is 16.0 Å². The Morgan fingerprint density at radius 3 is 2.50 bits per heavy atom. The molecule has 36 heavy (non-hydrogen) atoms. The minimum absolute atomic E-state index is 0.00367. The lowest BCUT2D eigenvalue weighted by Crippen LogP contribution is -2.62. The molecule has 2 aliphatic heterocycles. The third kappa shape index (κ3) is 6.32. The summed E-state index contributed by atoms with van der Waals surface area (Å²) in [7, 11) is -3.51.